The summed E-state index contributed by atoms with van der Waals surface area (Å²) in [6.07, 6.45) is 11.0. The molecule has 0 N–H and O–H groups in total. The van der Waals surface area contributed by atoms with Crippen LogP contribution in [-0.4, -0.2) is 14.4 Å². The molecule has 0 saturated heterocycles. The Labute approximate surface area is 123 Å². The number of rotatable bonds is 7. The summed E-state index contributed by atoms with van der Waals surface area (Å²) in [6, 6.07) is 8.60. The lowest BCUT2D eigenvalue weighted by Gasteiger charge is -2.10. The monoisotopic (exact) mass is 318 g/mol. The lowest BCUT2D eigenvalue weighted by Crippen LogP contribution is -2.05. The van der Waals surface area contributed by atoms with Crippen molar-refractivity contribution < 1.29 is 0 Å². The van der Waals surface area contributed by atoms with E-state index in [-0.39, 0.29) is 0 Å². The van der Waals surface area contributed by atoms with Gasteiger partial charge < -0.3 is 4.57 Å². The molecular formula is C16H19BrN2. The van der Waals surface area contributed by atoms with E-state index in [1.165, 1.54) is 17.5 Å². The van der Waals surface area contributed by atoms with E-state index in [1.54, 1.807) is 0 Å². The second-order valence-corrected chi connectivity index (χ2v) is 5.98. The molecule has 1 heterocycles. The van der Waals surface area contributed by atoms with Crippen LogP contribution in [0.4, 0.5) is 0 Å². The number of hydrogen-bond donors (Lipinski definition) is 0. The van der Waals surface area contributed by atoms with Crippen molar-refractivity contribution in [1.29, 1.82) is 0 Å². The molecule has 0 radical (unpaired) electrons. The van der Waals surface area contributed by atoms with E-state index in [9.17, 15) is 0 Å². The average molecular weight is 319 g/mol. The summed E-state index contributed by atoms with van der Waals surface area (Å²) in [4.78, 5) is 4.58. The van der Waals surface area contributed by atoms with E-state index in [0.29, 0.717) is 4.83 Å². The second-order valence-electron chi connectivity index (χ2n) is 4.69. The molecule has 0 saturated carbocycles. The molecule has 19 heavy (non-hydrogen) atoms. The number of aromatic nitrogens is 2. The van der Waals surface area contributed by atoms with Crippen molar-refractivity contribution in [2.45, 2.75) is 30.6 Å². The van der Waals surface area contributed by atoms with Crippen LogP contribution in [0.25, 0.3) is 6.08 Å². The molecule has 0 aliphatic rings. The highest BCUT2D eigenvalue weighted by Gasteiger charge is 2.05. The fourth-order valence-electron chi connectivity index (χ4n) is 2.06. The van der Waals surface area contributed by atoms with Gasteiger partial charge in [-0.05, 0) is 30.4 Å². The molecule has 2 aromatic rings. The van der Waals surface area contributed by atoms with E-state index < -0.39 is 0 Å². The molecule has 2 nitrogen and oxygen atoms in total. The maximum Gasteiger partial charge on any atom is 0.0945 e. The third kappa shape index (κ3) is 4.67. The van der Waals surface area contributed by atoms with Crippen LogP contribution in [0.15, 0.2) is 49.6 Å². The van der Waals surface area contributed by atoms with Crippen LogP contribution < -0.4 is 0 Å². The number of alkyl halides is 1. The number of benzene rings is 1. The van der Waals surface area contributed by atoms with Gasteiger partial charge in [0, 0.05) is 23.8 Å². The van der Waals surface area contributed by atoms with Gasteiger partial charge >= 0.3 is 0 Å². The van der Waals surface area contributed by atoms with Gasteiger partial charge in [-0.1, -0.05) is 52.9 Å². The molecule has 0 amide bonds. The summed E-state index contributed by atoms with van der Waals surface area (Å²) in [5.74, 6) is 0. The molecule has 0 aliphatic heterocycles. The fourth-order valence-corrected chi connectivity index (χ4v) is 2.76. The Hall–Kier alpha value is -1.35. The van der Waals surface area contributed by atoms with Gasteiger partial charge in [0.1, 0.15) is 0 Å². The third-order valence-electron chi connectivity index (χ3n) is 3.17. The Morgan fingerprint density at radius 2 is 2.11 bits per heavy atom. The first-order chi connectivity index (χ1) is 9.28. The van der Waals surface area contributed by atoms with Gasteiger partial charge in [-0.15, -0.1) is 0 Å². The van der Waals surface area contributed by atoms with E-state index in [4.69, 9.17) is 0 Å². The lowest BCUT2D eigenvalue weighted by atomic mass is 10.1. The third-order valence-corrected chi connectivity index (χ3v) is 3.95. The summed E-state index contributed by atoms with van der Waals surface area (Å²) in [5, 5.41) is 0. The van der Waals surface area contributed by atoms with Crippen molar-refractivity contribution in [2.75, 3.05) is 0 Å². The topological polar surface area (TPSA) is 17.8 Å². The van der Waals surface area contributed by atoms with Gasteiger partial charge in [0.2, 0.25) is 0 Å². The molecule has 2 rings (SSSR count). The minimum Gasteiger partial charge on any atom is -0.337 e. The van der Waals surface area contributed by atoms with E-state index >= 15 is 0 Å². The largest absolute Gasteiger partial charge is 0.337 e. The molecule has 1 atom stereocenters. The Bertz CT molecular complexity index is 488. The normalized spacial score (nSPS) is 12.3. The van der Waals surface area contributed by atoms with Crippen molar-refractivity contribution in [3.63, 3.8) is 0 Å². The Morgan fingerprint density at radius 3 is 2.74 bits per heavy atom. The van der Waals surface area contributed by atoms with Crippen molar-refractivity contribution in [2.24, 2.45) is 0 Å². The molecule has 1 aromatic carbocycles. The van der Waals surface area contributed by atoms with Crippen molar-refractivity contribution >= 4 is 22.0 Å². The quantitative estimate of drug-likeness (QED) is 0.695. The molecular weight excluding hydrogens is 300 g/mol. The number of halogens is 1. The Balaban J connectivity index is 1.73. The molecule has 0 fully saturated rings. The van der Waals surface area contributed by atoms with Crippen LogP contribution in [0.2, 0.25) is 0 Å². The molecule has 0 aliphatic carbocycles. The zero-order chi connectivity index (χ0) is 13.5. The predicted octanol–water partition coefficient (Wildman–Crippen LogP) is 4.31. The van der Waals surface area contributed by atoms with Crippen LogP contribution in [0.3, 0.4) is 0 Å². The minimum absolute atomic E-state index is 0.533. The Morgan fingerprint density at radius 1 is 1.32 bits per heavy atom. The van der Waals surface area contributed by atoms with Gasteiger partial charge in [0.25, 0.3) is 0 Å². The zero-order valence-corrected chi connectivity index (χ0v) is 12.6. The van der Waals surface area contributed by atoms with Crippen LogP contribution in [0, 0.1) is 0 Å². The fraction of sp³-hybridized carbons (Fsp3) is 0.312. The van der Waals surface area contributed by atoms with Crippen LogP contribution >= 0.6 is 15.9 Å². The second kappa shape index (κ2) is 7.29. The molecule has 100 valence electrons. The van der Waals surface area contributed by atoms with Gasteiger partial charge in [-0.3, -0.25) is 0 Å². The number of aryl methyl sites for hydroxylation is 1. The summed E-state index contributed by atoms with van der Waals surface area (Å²) < 4.78 is 2.12. The highest BCUT2D eigenvalue weighted by molar-refractivity contribution is 9.09. The molecule has 0 bridgehead atoms. The number of imidazole rings is 1. The van der Waals surface area contributed by atoms with Crippen molar-refractivity contribution in [3.05, 3.63) is 60.7 Å². The Kier molecular flexibility index (Phi) is 5.40. The van der Waals surface area contributed by atoms with E-state index in [0.717, 1.165) is 19.4 Å². The maximum absolute atomic E-state index is 4.05. The van der Waals surface area contributed by atoms with Crippen LogP contribution in [0.1, 0.15) is 24.0 Å². The predicted molar refractivity (Wildman–Crippen MR) is 84.4 cm³/mol. The molecule has 0 spiro atoms. The number of nitrogens with zero attached hydrogens (tertiary/aromatic N) is 2. The summed E-state index contributed by atoms with van der Waals surface area (Å²) in [5.41, 5.74) is 2.55. The van der Waals surface area contributed by atoms with Gasteiger partial charge in [-0.25, -0.2) is 4.98 Å². The molecule has 3 heteroatoms. The van der Waals surface area contributed by atoms with E-state index in [2.05, 4.69) is 56.3 Å². The highest BCUT2D eigenvalue weighted by atomic mass is 79.9. The highest BCUT2D eigenvalue weighted by Crippen LogP contribution is 2.16. The van der Waals surface area contributed by atoms with Gasteiger partial charge in [-0.2, -0.15) is 0 Å². The summed E-state index contributed by atoms with van der Waals surface area (Å²) >= 11 is 3.77. The van der Waals surface area contributed by atoms with Crippen LogP contribution in [0.5, 0.6) is 0 Å². The van der Waals surface area contributed by atoms with Gasteiger partial charge in [0.05, 0.1) is 6.33 Å². The SMILES string of the molecule is C=Cc1ccc(CC(Br)CCCn2ccnc2)cc1. The van der Waals surface area contributed by atoms with Gasteiger partial charge in [0.15, 0.2) is 0 Å². The maximum atomic E-state index is 4.05. The average Bonchev–Trinajstić information content (AvgIpc) is 2.93. The van der Waals surface area contributed by atoms with E-state index in [1.807, 2.05) is 24.8 Å². The first-order valence-electron chi connectivity index (χ1n) is 6.59. The first kappa shape index (κ1) is 14.1. The lowest BCUT2D eigenvalue weighted by molar-refractivity contribution is 0.598. The van der Waals surface area contributed by atoms with Crippen molar-refractivity contribution in [3.8, 4) is 0 Å². The minimum atomic E-state index is 0.533. The molecule has 1 unspecified atom stereocenters. The summed E-state index contributed by atoms with van der Waals surface area (Å²) in [7, 11) is 0. The standard InChI is InChI=1S/C16H19BrN2/c1-2-14-5-7-15(8-6-14)12-16(17)4-3-10-19-11-9-18-13-19/h2,5-9,11,13,16H,1,3-4,10,12H2. The number of hydrogen-bond acceptors (Lipinski definition) is 1. The molecule has 1 aromatic heterocycles. The zero-order valence-electron chi connectivity index (χ0n) is 11.0. The first-order valence-corrected chi connectivity index (χ1v) is 7.50. The van der Waals surface area contributed by atoms with Crippen LogP contribution in [-0.2, 0) is 13.0 Å². The summed E-state index contributed by atoms with van der Waals surface area (Å²) in [6.45, 7) is 4.81. The smallest absolute Gasteiger partial charge is 0.0945 e. The van der Waals surface area contributed by atoms with Crippen molar-refractivity contribution in [1.82, 2.24) is 9.55 Å².